The van der Waals surface area contributed by atoms with Crippen molar-refractivity contribution in [3.63, 3.8) is 0 Å². The summed E-state index contributed by atoms with van der Waals surface area (Å²) in [7, 11) is 1.67. The third-order valence-electron chi connectivity index (χ3n) is 4.71. The number of ether oxygens (including phenoxy) is 2. The maximum atomic E-state index is 12.7. The number of amides is 1. The van der Waals surface area contributed by atoms with E-state index >= 15 is 0 Å². The third-order valence-corrected chi connectivity index (χ3v) is 4.71. The quantitative estimate of drug-likeness (QED) is 0.810. The predicted molar refractivity (Wildman–Crippen MR) is 94.9 cm³/mol. The molecule has 2 heterocycles. The summed E-state index contributed by atoms with van der Waals surface area (Å²) in [6, 6.07) is 6.22. The highest BCUT2D eigenvalue weighted by Crippen LogP contribution is 2.31. The fourth-order valence-electron chi connectivity index (χ4n) is 3.17. The first-order chi connectivity index (χ1) is 13.4. The maximum absolute atomic E-state index is 12.7. The van der Waals surface area contributed by atoms with E-state index in [-0.39, 0.29) is 24.0 Å². The summed E-state index contributed by atoms with van der Waals surface area (Å²) in [6.07, 6.45) is -2.66. The van der Waals surface area contributed by atoms with Gasteiger partial charge in [0.1, 0.15) is 12.4 Å². The minimum absolute atomic E-state index is 0.0164. The largest absolute Gasteiger partial charge is 0.487 e. The number of hydrogen-bond acceptors (Lipinski definition) is 4. The molecule has 6 nitrogen and oxygen atoms in total. The monoisotopic (exact) mass is 397 g/mol. The van der Waals surface area contributed by atoms with Gasteiger partial charge in [-0.15, -0.1) is 0 Å². The van der Waals surface area contributed by atoms with Crippen LogP contribution in [0.4, 0.5) is 13.2 Å². The van der Waals surface area contributed by atoms with Gasteiger partial charge in [-0.1, -0.05) is 6.07 Å². The summed E-state index contributed by atoms with van der Waals surface area (Å²) in [6.45, 7) is 1.98. The highest BCUT2D eigenvalue weighted by Gasteiger charge is 2.30. The molecule has 0 atom stereocenters. The van der Waals surface area contributed by atoms with Crippen LogP contribution < -0.4 is 4.74 Å². The Labute approximate surface area is 160 Å². The van der Waals surface area contributed by atoms with E-state index in [1.165, 1.54) is 12.1 Å². The molecule has 3 rings (SSSR count). The Morgan fingerprint density at radius 3 is 2.71 bits per heavy atom. The number of methoxy groups -OCH3 is 1. The van der Waals surface area contributed by atoms with E-state index in [2.05, 4.69) is 10.2 Å². The van der Waals surface area contributed by atoms with Crippen LogP contribution in [-0.4, -0.2) is 47.8 Å². The highest BCUT2D eigenvalue weighted by molar-refractivity contribution is 5.92. The van der Waals surface area contributed by atoms with Crippen molar-refractivity contribution in [2.45, 2.75) is 25.6 Å². The number of likely N-dealkylation sites (tertiary alicyclic amines) is 1. The van der Waals surface area contributed by atoms with E-state index in [0.29, 0.717) is 31.3 Å². The molecule has 1 amide bonds. The van der Waals surface area contributed by atoms with Gasteiger partial charge in [0.25, 0.3) is 5.91 Å². The average Bonchev–Trinajstić information content (AvgIpc) is 3.15. The maximum Gasteiger partial charge on any atom is 0.416 e. The van der Waals surface area contributed by atoms with Gasteiger partial charge in [0, 0.05) is 26.8 Å². The fraction of sp³-hybridized carbons (Fsp3) is 0.474. The van der Waals surface area contributed by atoms with Crippen LogP contribution in [0, 0.1) is 5.92 Å². The molecule has 0 radical (unpaired) electrons. The van der Waals surface area contributed by atoms with E-state index in [1.54, 1.807) is 18.1 Å². The number of hydrogen-bond donors (Lipinski definition) is 1. The van der Waals surface area contributed by atoms with Crippen molar-refractivity contribution in [2.24, 2.45) is 5.92 Å². The second-order valence-electron chi connectivity index (χ2n) is 6.78. The molecule has 1 aliphatic rings. The number of aromatic amines is 1. The van der Waals surface area contributed by atoms with Crippen LogP contribution in [0.15, 0.2) is 30.3 Å². The Balaban J connectivity index is 1.55. The molecular weight excluding hydrogens is 375 g/mol. The second-order valence-corrected chi connectivity index (χ2v) is 6.78. The van der Waals surface area contributed by atoms with Gasteiger partial charge < -0.3 is 14.4 Å². The molecule has 1 fully saturated rings. The molecule has 1 aromatic heterocycles. The van der Waals surface area contributed by atoms with E-state index in [9.17, 15) is 18.0 Å². The number of H-pyrrole nitrogens is 1. The standard InChI is InChI=1S/C19H22F3N3O3/c1-27-11-13-5-7-25(8-6-13)18(26)17-10-15(23-24-17)12-28-16-4-2-3-14(9-16)19(20,21)22/h2-4,9-10,13H,5-8,11-12H2,1H3,(H,23,24). The SMILES string of the molecule is COCC1CCN(C(=O)c2cc(COc3cccc(C(F)(F)F)c3)[nH]n2)CC1. The lowest BCUT2D eigenvalue weighted by Gasteiger charge is -2.31. The number of carbonyl (C=O) groups is 1. The molecule has 1 N–H and O–H groups in total. The van der Waals surface area contributed by atoms with Crippen LogP contribution in [0.3, 0.4) is 0 Å². The number of aromatic nitrogens is 2. The molecule has 0 unspecified atom stereocenters. The summed E-state index contributed by atoms with van der Waals surface area (Å²) in [5.74, 6) is 0.389. The molecule has 1 aromatic carbocycles. The lowest BCUT2D eigenvalue weighted by Crippen LogP contribution is -2.39. The highest BCUT2D eigenvalue weighted by atomic mass is 19.4. The number of benzene rings is 1. The van der Waals surface area contributed by atoms with Gasteiger partial charge in [0.15, 0.2) is 5.69 Å². The van der Waals surface area contributed by atoms with Crippen LogP contribution >= 0.6 is 0 Å². The van der Waals surface area contributed by atoms with Crippen LogP contribution in [0.25, 0.3) is 0 Å². The number of rotatable bonds is 6. The molecule has 9 heteroatoms. The average molecular weight is 397 g/mol. The van der Waals surface area contributed by atoms with Gasteiger partial charge in [-0.25, -0.2) is 0 Å². The molecule has 0 aliphatic carbocycles. The smallest absolute Gasteiger partial charge is 0.416 e. The number of nitrogens with one attached hydrogen (secondary N) is 1. The molecule has 1 aliphatic heterocycles. The Kier molecular flexibility index (Phi) is 6.23. The van der Waals surface area contributed by atoms with Crippen molar-refractivity contribution in [1.29, 1.82) is 0 Å². The van der Waals surface area contributed by atoms with Crippen LogP contribution in [-0.2, 0) is 17.5 Å². The zero-order valence-corrected chi connectivity index (χ0v) is 15.5. The Bertz CT molecular complexity index is 799. The van der Waals surface area contributed by atoms with Crippen LogP contribution in [0.1, 0.15) is 34.6 Å². The number of piperidine rings is 1. The minimum Gasteiger partial charge on any atom is -0.487 e. The molecule has 0 bridgehead atoms. The molecule has 28 heavy (non-hydrogen) atoms. The van der Waals surface area contributed by atoms with Crippen LogP contribution in [0.2, 0.25) is 0 Å². The summed E-state index contributed by atoms with van der Waals surface area (Å²) in [5.41, 5.74) is 0.00483. The first-order valence-corrected chi connectivity index (χ1v) is 8.99. The van der Waals surface area contributed by atoms with Gasteiger partial charge >= 0.3 is 6.18 Å². The van der Waals surface area contributed by atoms with Crippen molar-refractivity contribution in [2.75, 3.05) is 26.8 Å². The zero-order chi connectivity index (χ0) is 20.1. The molecule has 0 spiro atoms. The minimum atomic E-state index is -4.43. The van der Waals surface area contributed by atoms with Gasteiger partial charge in [-0.2, -0.15) is 18.3 Å². The number of halogens is 3. The van der Waals surface area contributed by atoms with Crippen LogP contribution in [0.5, 0.6) is 5.75 Å². The number of alkyl halides is 3. The Hall–Kier alpha value is -2.55. The summed E-state index contributed by atoms with van der Waals surface area (Å²) in [4.78, 5) is 14.3. The second kappa shape index (κ2) is 8.64. The molecule has 0 saturated carbocycles. The van der Waals surface area contributed by atoms with Crippen molar-refractivity contribution in [3.8, 4) is 5.75 Å². The molecule has 2 aromatic rings. The van der Waals surface area contributed by atoms with Crippen molar-refractivity contribution >= 4 is 5.91 Å². The van der Waals surface area contributed by atoms with E-state index in [0.717, 1.165) is 25.0 Å². The lowest BCUT2D eigenvalue weighted by molar-refractivity contribution is -0.137. The molecule has 152 valence electrons. The Morgan fingerprint density at radius 2 is 2.04 bits per heavy atom. The summed E-state index contributed by atoms with van der Waals surface area (Å²) < 4.78 is 48.8. The van der Waals surface area contributed by atoms with Gasteiger partial charge in [0.05, 0.1) is 11.3 Å². The van der Waals surface area contributed by atoms with E-state index in [4.69, 9.17) is 9.47 Å². The topological polar surface area (TPSA) is 67.4 Å². The zero-order valence-electron chi connectivity index (χ0n) is 15.5. The molecular formula is C19H22F3N3O3. The van der Waals surface area contributed by atoms with Crippen molar-refractivity contribution in [3.05, 3.63) is 47.3 Å². The van der Waals surface area contributed by atoms with Gasteiger partial charge in [0.2, 0.25) is 0 Å². The lowest BCUT2D eigenvalue weighted by atomic mass is 9.97. The first kappa shape index (κ1) is 20.2. The normalized spacial score (nSPS) is 15.6. The number of carbonyl (C=O) groups excluding carboxylic acids is 1. The van der Waals surface area contributed by atoms with E-state index < -0.39 is 11.7 Å². The predicted octanol–water partition coefficient (Wildman–Crippen LogP) is 3.51. The van der Waals surface area contributed by atoms with Crippen molar-refractivity contribution < 1.29 is 27.4 Å². The fourth-order valence-corrected chi connectivity index (χ4v) is 3.17. The summed E-state index contributed by atoms with van der Waals surface area (Å²) in [5, 5.41) is 6.72. The van der Waals surface area contributed by atoms with Gasteiger partial charge in [-0.3, -0.25) is 9.89 Å². The van der Waals surface area contributed by atoms with E-state index in [1.807, 2.05) is 0 Å². The number of nitrogens with zero attached hydrogens (tertiary/aromatic N) is 2. The van der Waals surface area contributed by atoms with Crippen molar-refractivity contribution in [1.82, 2.24) is 15.1 Å². The first-order valence-electron chi connectivity index (χ1n) is 8.99. The summed E-state index contributed by atoms with van der Waals surface area (Å²) >= 11 is 0. The third kappa shape index (κ3) is 5.03. The van der Waals surface area contributed by atoms with Gasteiger partial charge in [-0.05, 0) is 43.0 Å². The molecule has 1 saturated heterocycles. The Morgan fingerprint density at radius 1 is 1.29 bits per heavy atom.